The number of fused-ring (bicyclic) bond motifs is 7. The smallest absolute Gasteiger partial charge is 0.0546 e. The van der Waals surface area contributed by atoms with Gasteiger partial charge in [0, 0.05) is 49.2 Å². The molecule has 11 rings (SSSR count). The van der Waals surface area contributed by atoms with E-state index in [2.05, 4.69) is 222 Å². The van der Waals surface area contributed by atoms with Crippen molar-refractivity contribution in [3.05, 3.63) is 229 Å². The van der Waals surface area contributed by atoms with Crippen LogP contribution < -0.4 is 4.90 Å². The third-order valence-corrected chi connectivity index (χ3v) is 12.8. The van der Waals surface area contributed by atoms with Gasteiger partial charge in [0.25, 0.3) is 0 Å². The molecule has 3 heteroatoms. The largest absolute Gasteiger partial charge is 0.312 e. The van der Waals surface area contributed by atoms with E-state index in [4.69, 9.17) is 0 Å². The SMILES string of the molecule is c1ccc(-c2ccc(N(c3ccc4c(c3)Sc3c(n(-c5ccccc5)c5ccccc35)C(c3ccccc3)C4)c3cc4ccccc4c4ccccc34)cc2)cc1. The summed E-state index contributed by atoms with van der Waals surface area (Å²) in [5, 5.41) is 6.26. The molecular weight excluding hydrogens is 709 g/mol. The predicted octanol–water partition coefficient (Wildman–Crippen LogP) is 14.9. The molecule has 1 aliphatic rings. The fourth-order valence-corrected chi connectivity index (χ4v) is 10.2. The van der Waals surface area contributed by atoms with Gasteiger partial charge in [-0.15, -0.1) is 0 Å². The van der Waals surface area contributed by atoms with Crippen LogP contribution in [0.4, 0.5) is 17.1 Å². The van der Waals surface area contributed by atoms with Crippen molar-refractivity contribution in [3.63, 3.8) is 0 Å². The molecule has 9 aromatic carbocycles. The lowest BCUT2D eigenvalue weighted by molar-refractivity contribution is 0.737. The van der Waals surface area contributed by atoms with Crippen LogP contribution in [0.2, 0.25) is 0 Å². The summed E-state index contributed by atoms with van der Waals surface area (Å²) in [5.41, 5.74) is 12.3. The van der Waals surface area contributed by atoms with E-state index in [0.717, 1.165) is 17.8 Å². The van der Waals surface area contributed by atoms with E-state index in [-0.39, 0.29) is 5.92 Å². The van der Waals surface area contributed by atoms with E-state index in [1.807, 2.05) is 11.8 Å². The number of benzene rings is 9. The zero-order valence-electron chi connectivity index (χ0n) is 31.3. The average Bonchev–Trinajstić information content (AvgIpc) is 3.50. The first-order chi connectivity index (χ1) is 28.3. The maximum Gasteiger partial charge on any atom is 0.0546 e. The van der Waals surface area contributed by atoms with Gasteiger partial charge >= 0.3 is 0 Å². The van der Waals surface area contributed by atoms with E-state index in [0.29, 0.717) is 0 Å². The molecule has 1 atom stereocenters. The van der Waals surface area contributed by atoms with Crippen LogP contribution in [0.3, 0.4) is 0 Å². The highest BCUT2D eigenvalue weighted by molar-refractivity contribution is 7.99. The van der Waals surface area contributed by atoms with E-state index >= 15 is 0 Å². The zero-order chi connectivity index (χ0) is 37.7. The summed E-state index contributed by atoms with van der Waals surface area (Å²) < 4.78 is 2.52. The van der Waals surface area contributed by atoms with Crippen molar-refractivity contribution in [1.82, 2.24) is 4.57 Å². The van der Waals surface area contributed by atoms with Gasteiger partial charge in [0.2, 0.25) is 0 Å². The molecule has 1 aromatic heterocycles. The van der Waals surface area contributed by atoms with Gasteiger partial charge in [-0.1, -0.05) is 176 Å². The molecule has 0 N–H and O–H groups in total. The average molecular weight is 747 g/mol. The minimum absolute atomic E-state index is 0.166. The minimum atomic E-state index is 0.166. The maximum atomic E-state index is 2.52. The third-order valence-electron chi connectivity index (χ3n) is 11.6. The Morgan fingerprint density at radius 2 is 1.07 bits per heavy atom. The monoisotopic (exact) mass is 746 g/mol. The van der Waals surface area contributed by atoms with Crippen LogP contribution in [0.1, 0.15) is 22.7 Å². The summed E-state index contributed by atoms with van der Waals surface area (Å²) in [4.78, 5) is 5.09. The number of anilines is 3. The highest BCUT2D eigenvalue weighted by Crippen LogP contribution is 2.51. The third kappa shape index (κ3) is 5.82. The van der Waals surface area contributed by atoms with Crippen molar-refractivity contribution in [2.45, 2.75) is 22.1 Å². The number of aromatic nitrogens is 1. The van der Waals surface area contributed by atoms with Gasteiger partial charge in [-0.05, 0) is 93.4 Å². The first-order valence-corrected chi connectivity index (χ1v) is 20.5. The maximum absolute atomic E-state index is 2.52. The Morgan fingerprint density at radius 1 is 0.474 bits per heavy atom. The predicted molar refractivity (Wildman–Crippen MR) is 241 cm³/mol. The molecule has 2 heterocycles. The van der Waals surface area contributed by atoms with Crippen molar-refractivity contribution in [2.75, 3.05) is 4.90 Å². The second-order valence-electron chi connectivity index (χ2n) is 14.9. The van der Waals surface area contributed by atoms with Crippen molar-refractivity contribution >= 4 is 61.3 Å². The van der Waals surface area contributed by atoms with E-state index < -0.39 is 0 Å². The lowest BCUT2D eigenvalue weighted by Crippen LogP contribution is -2.12. The Kier molecular flexibility index (Phi) is 8.26. The molecule has 1 aliphatic heterocycles. The second kappa shape index (κ2) is 14.0. The van der Waals surface area contributed by atoms with E-state index in [1.54, 1.807) is 0 Å². The number of rotatable bonds is 6. The van der Waals surface area contributed by atoms with Crippen LogP contribution in [0, 0.1) is 0 Å². The number of nitrogens with zero attached hydrogens (tertiary/aromatic N) is 2. The van der Waals surface area contributed by atoms with Crippen molar-refractivity contribution in [3.8, 4) is 16.8 Å². The molecule has 0 saturated carbocycles. The topological polar surface area (TPSA) is 8.17 Å². The highest BCUT2D eigenvalue weighted by Gasteiger charge is 2.31. The molecule has 0 spiro atoms. The first kappa shape index (κ1) is 33.5. The van der Waals surface area contributed by atoms with Crippen LogP contribution in [0.15, 0.2) is 222 Å². The first-order valence-electron chi connectivity index (χ1n) is 19.7. The van der Waals surface area contributed by atoms with Gasteiger partial charge in [0.1, 0.15) is 0 Å². The molecule has 57 heavy (non-hydrogen) atoms. The Labute approximate surface area is 337 Å². The second-order valence-corrected chi connectivity index (χ2v) is 15.9. The summed E-state index contributed by atoms with van der Waals surface area (Å²) >= 11 is 1.93. The van der Waals surface area contributed by atoms with Crippen LogP contribution >= 0.6 is 11.8 Å². The molecule has 270 valence electrons. The van der Waals surface area contributed by atoms with Gasteiger partial charge < -0.3 is 9.47 Å². The molecule has 0 radical (unpaired) electrons. The van der Waals surface area contributed by atoms with E-state index in [9.17, 15) is 0 Å². The lowest BCUT2D eigenvalue weighted by Gasteiger charge is -2.28. The van der Waals surface area contributed by atoms with Crippen LogP contribution in [0.5, 0.6) is 0 Å². The van der Waals surface area contributed by atoms with Gasteiger partial charge in [-0.2, -0.15) is 0 Å². The highest BCUT2D eigenvalue weighted by atomic mass is 32.2. The summed E-state index contributed by atoms with van der Waals surface area (Å²) in [6.45, 7) is 0. The van der Waals surface area contributed by atoms with Crippen molar-refractivity contribution in [1.29, 1.82) is 0 Å². The van der Waals surface area contributed by atoms with Crippen molar-refractivity contribution in [2.24, 2.45) is 0 Å². The molecule has 10 aromatic rings. The number of para-hydroxylation sites is 2. The molecule has 0 aliphatic carbocycles. The molecule has 0 amide bonds. The fourth-order valence-electron chi connectivity index (χ4n) is 8.92. The minimum Gasteiger partial charge on any atom is -0.312 e. The van der Waals surface area contributed by atoms with Crippen molar-refractivity contribution < 1.29 is 0 Å². The fraction of sp³-hybridized carbons (Fsp3) is 0.0370. The Balaban J connectivity index is 1.13. The van der Waals surface area contributed by atoms with Gasteiger partial charge in [-0.3, -0.25) is 0 Å². The quantitative estimate of drug-likeness (QED) is 0.157. The number of hydrogen-bond donors (Lipinski definition) is 0. The lowest BCUT2D eigenvalue weighted by atomic mass is 9.88. The van der Waals surface area contributed by atoms with Crippen LogP contribution in [0.25, 0.3) is 49.3 Å². The van der Waals surface area contributed by atoms with Crippen LogP contribution in [-0.2, 0) is 6.42 Å². The number of hydrogen-bond acceptors (Lipinski definition) is 2. The Bertz CT molecular complexity index is 3060. The summed E-state index contributed by atoms with van der Waals surface area (Å²) in [5.74, 6) is 0.166. The van der Waals surface area contributed by atoms with Gasteiger partial charge in [0.15, 0.2) is 0 Å². The molecule has 0 bridgehead atoms. The molecule has 1 unspecified atom stereocenters. The standard InChI is InChI=1S/C54H38N2S/c1-4-16-37(17-5-1)38-28-31-43(32-29-38)55(51-35-40-20-10-11-23-45(40)46-24-12-13-25-47(46)51)44-33-30-41-34-49(39-18-6-2-7-19-39)53-54(57-52(41)36-44)48-26-14-15-27-50(48)56(53)42-21-8-3-9-22-42/h1-33,35-36,49H,34H2. The van der Waals surface area contributed by atoms with Gasteiger partial charge in [0.05, 0.1) is 11.2 Å². The van der Waals surface area contributed by atoms with E-state index in [1.165, 1.54) is 81.6 Å². The molecule has 0 fully saturated rings. The Hall–Kier alpha value is -6.81. The zero-order valence-corrected chi connectivity index (χ0v) is 32.1. The molecule has 2 nitrogen and oxygen atoms in total. The molecular formula is C54H38N2S. The summed E-state index contributed by atoms with van der Waals surface area (Å²) in [7, 11) is 0. The van der Waals surface area contributed by atoms with Crippen LogP contribution in [-0.4, -0.2) is 4.57 Å². The Morgan fingerprint density at radius 3 is 1.84 bits per heavy atom. The summed E-state index contributed by atoms with van der Waals surface area (Å²) in [6, 6.07) is 77.8. The summed E-state index contributed by atoms with van der Waals surface area (Å²) in [6.07, 6.45) is 0.896. The normalized spacial score (nSPS) is 13.6. The molecule has 0 saturated heterocycles. The van der Waals surface area contributed by atoms with Gasteiger partial charge in [-0.25, -0.2) is 0 Å².